The number of aromatic amines is 2. The molecule has 0 saturated carbocycles. The van der Waals surface area contributed by atoms with E-state index in [1.807, 2.05) is 73.9 Å². The summed E-state index contributed by atoms with van der Waals surface area (Å²) in [7, 11) is 0. The monoisotopic (exact) mass is 586 g/mol. The lowest BCUT2D eigenvalue weighted by molar-refractivity contribution is 0.517. The average Bonchev–Trinajstić information content (AvgIpc) is 3.80. The third kappa shape index (κ3) is 5.88. The molecule has 0 atom stereocenters. The molecule has 0 aliphatic carbocycles. The van der Waals surface area contributed by atoms with E-state index in [1.165, 1.54) is 0 Å². The van der Waals surface area contributed by atoms with E-state index < -0.39 is 0 Å². The van der Waals surface area contributed by atoms with Gasteiger partial charge in [-0.15, -0.1) is 0 Å². The summed E-state index contributed by atoms with van der Waals surface area (Å²) in [6.45, 7) is 3.07. The average molecular weight is 587 g/mol. The van der Waals surface area contributed by atoms with Crippen LogP contribution in [0.2, 0.25) is 10.6 Å². The van der Waals surface area contributed by atoms with E-state index in [1.54, 1.807) is 12.5 Å². The Balaban J connectivity index is 0.000000152. The third-order valence-corrected chi connectivity index (χ3v) is 6.65. The summed E-state index contributed by atoms with van der Waals surface area (Å²) >= 11 is 11.9. The molecule has 0 bridgehead atoms. The Kier molecular flexibility index (Phi) is 7.57. The van der Waals surface area contributed by atoms with Gasteiger partial charge in [-0.25, -0.2) is 9.97 Å². The number of halogens is 2. The molecule has 41 heavy (non-hydrogen) atoms. The Labute approximate surface area is 244 Å². The van der Waals surface area contributed by atoms with Crippen LogP contribution in [0.15, 0.2) is 88.4 Å². The number of aromatic nitrogens is 6. The second-order valence-corrected chi connectivity index (χ2v) is 9.71. The molecule has 6 aromatic heterocycles. The molecule has 0 amide bonds. The molecule has 0 saturated heterocycles. The normalized spacial score (nSPS) is 11.0. The molecule has 10 nitrogen and oxygen atoms in total. The van der Waals surface area contributed by atoms with E-state index in [9.17, 15) is 0 Å². The van der Waals surface area contributed by atoms with E-state index in [0.29, 0.717) is 30.4 Å². The molecule has 12 heteroatoms. The Morgan fingerprint density at radius 2 is 1.24 bits per heavy atom. The van der Waals surface area contributed by atoms with E-state index in [-0.39, 0.29) is 10.6 Å². The maximum absolute atomic E-state index is 6.03. The molecule has 1 aromatic carbocycles. The highest BCUT2D eigenvalue weighted by Gasteiger charge is 2.15. The van der Waals surface area contributed by atoms with Gasteiger partial charge in [0, 0.05) is 18.0 Å². The van der Waals surface area contributed by atoms with Gasteiger partial charge in [-0.05, 0) is 65.5 Å². The number of hydrogen-bond acceptors (Lipinski definition) is 8. The van der Waals surface area contributed by atoms with Gasteiger partial charge in [0.2, 0.25) is 10.6 Å². The second-order valence-electron chi connectivity index (χ2n) is 9.04. The fourth-order valence-corrected chi connectivity index (χ4v) is 4.77. The number of fused-ring (bicyclic) bond motifs is 2. The summed E-state index contributed by atoms with van der Waals surface area (Å²) in [6.07, 6.45) is 7.09. The van der Waals surface area contributed by atoms with Crippen molar-refractivity contribution in [3.63, 3.8) is 0 Å². The van der Waals surface area contributed by atoms with E-state index in [4.69, 9.17) is 32.0 Å². The number of H-pyrrole nitrogens is 2. The maximum atomic E-state index is 6.03. The van der Waals surface area contributed by atoms with Gasteiger partial charge >= 0.3 is 0 Å². The van der Waals surface area contributed by atoms with Gasteiger partial charge in [0.05, 0.1) is 36.4 Å². The van der Waals surface area contributed by atoms with Gasteiger partial charge in [-0.1, -0.05) is 30.3 Å². The van der Waals surface area contributed by atoms with Crippen molar-refractivity contribution in [2.45, 2.75) is 20.0 Å². The first-order valence-corrected chi connectivity index (χ1v) is 13.4. The van der Waals surface area contributed by atoms with Crippen LogP contribution in [0.3, 0.4) is 0 Å². The number of nitrogens with zero attached hydrogens (tertiary/aromatic N) is 4. The van der Waals surface area contributed by atoms with Gasteiger partial charge in [0.25, 0.3) is 0 Å². The predicted molar refractivity (Wildman–Crippen MR) is 160 cm³/mol. The van der Waals surface area contributed by atoms with Crippen molar-refractivity contribution in [2.75, 3.05) is 10.6 Å². The number of anilines is 2. The largest absolute Gasteiger partial charge is 0.467 e. The third-order valence-electron chi connectivity index (χ3n) is 6.31. The summed E-state index contributed by atoms with van der Waals surface area (Å²) in [5.41, 5.74) is 4.62. The first-order chi connectivity index (χ1) is 20.0. The van der Waals surface area contributed by atoms with Crippen LogP contribution in [-0.2, 0) is 13.1 Å². The summed E-state index contributed by atoms with van der Waals surface area (Å²) < 4.78 is 10.6. The molecule has 0 spiro atoms. The zero-order valence-electron chi connectivity index (χ0n) is 21.8. The Bertz CT molecular complexity index is 1880. The van der Waals surface area contributed by atoms with Crippen molar-refractivity contribution in [1.29, 1.82) is 0 Å². The molecular formula is C29H24Cl2N8O2. The highest BCUT2D eigenvalue weighted by molar-refractivity contribution is 6.29. The smallest absolute Gasteiger partial charge is 0.226 e. The standard InChI is InChI=1S/C17H13ClN4O.C12H11ClN4O/c18-17-21-15(19-9-12-7-4-8-23-12)14-13(10-20-16(14)22-17)11-5-2-1-3-6-11;1-7-5-14-10-9(7)11(17-12(13)16-10)15-6-8-3-2-4-18-8/h1-8,10H,9H2,(H2,19,20,21,22);2-5H,6H2,1H3,(H2,14,15,16,17). The van der Waals surface area contributed by atoms with Crippen molar-refractivity contribution in [3.05, 3.63) is 107 Å². The van der Waals surface area contributed by atoms with Crippen LogP contribution >= 0.6 is 23.2 Å². The molecule has 7 rings (SSSR count). The molecular weight excluding hydrogens is 563 g/mol. The lowest BCUT2D eigenvalue weighted by Gasteiger charge is -2.07. The number of nitrogens with one attached hydrogen (secondary N) is 4. The highest BCUT2D eigenvalue weighted by atomic mass is 35.5. The molecule has 0 radical (unpaired) electrons. The van der Waals surface area contributed by atoms with E-state index in [0.717, 1.165) is 44.6 Å². The zero-order valence-corrected chi connectivity index (χ0v) is 23.3. The van der Waals surface area contributed by atoms with E-state index >= 15 is 0 Å². The van der Waals surface area contributed by atoms with Gasteiger partial charge < -0.3 is 29.4 Å². The van der Waals surface area contributed by atoms with Crippen molar-refractivity contribution < 1.29 is 8.83 Å². The lowest BCUT2D eigenvalue weighted by atomic mass is 10.1. The van der Waals surface area contributed by atoms with Crippen LogP contribution in [0.5, 0.6) is 0 Å². The van der Waals surface area contributed by atoms with Crippen molar-refractivity contribution in [1.82, 2.24) is 29.9 Å². The summed E-state index contributed by atoms with van der Waals surface area (Å²) in [4.78, 5) is 23.2. The Hall–Kier alpha value is -4.80. The fraction of sp³-hybridized carbons (Fsp3) is 0.103. The number of benzene rings is 1. The molecule has 4 N–H and O–H groups in total. The molecule has 0 aliphatic rings. The van der Waals surface area contributed by atoms with Gasteiger partial charge in [0.1, 0.15) is 34.5 Å². The lowest BCUT2D eigenvalue weighted by Crippen LogP contribution is -2.02. The highest BCUT2D eigenvalue weighted by Crippen LogP contribution is 2.33. The Morgan fingerprint density at radius 1 is 0.683 bits per heavy atom. The first-order valence-electron chi connectivity index (χ1n) is 12.7. The van der Waals surface area contributed by atoms with E-state index in [2.05, 4.69) is 40.5 Å². The molecule has 0 aliphatic heterocycles. The predicted octanol–water partition coefficient (Wildman–Crippen LogP) is 7.61. The molecule has 0 unspecified atom stereocenters. The van der Waals surface area contributed by atoms with Crippen LogP contribution in [0.25, 0.3) is 33.2 Å². The molecule has 6 heterocycles. The van der Waals surface area contributed by atoms with Crippen LogP contribution in [-0.4, -0.2) is 29.9 Å². The van der Waals surface area contributed by atoms with Crippen molar-refractivity contribution >= 4 is 56.9 Å². The van der Waals surface area contributed by atoms with Crippen molar-refractivity contribution in [3.8, 4) is 11.1 Å². The Morgan fingerprint density at radius 3 is 1.83 bits per heavy atom. The fourth-order valence-electron chi connectivity index (χ4n) is 4.44. The summed E-state index contributed by atoms with van der Waals surface area (Å²) in [6, 6.07) is 17.6. The molecule has 206 valence electrons. The zero-order chi connectivity index (χ0) is 28.2. The quantitative estimate of drug-likeness (QED) is 0.140. The van der Waals surface area contributed by atoms with Gasteiger partial charge in [0.15, 0.2) is 0 Å². The van der Waals surface area contributed by atoms with Crippen LogP contribution in [0.4, 0.5) is 11.6 Å². The van der Waals surface area contributed by atoms with Crippen LogP contribution in [0.1, 0.15) is 17.1 Å². The minimum Gasteiger partial charge on any atom is -0.467 e. The summed E-state index contributed by atoms with van der Waals surface area (Å²) in [5, 5.41) is 8.76. The van der Waals surface area contributed by atoms with Gasteiger partial charge in [-0.3, -0.25) is 0 Å². The number of aryl methyl sites for hydroxylation is 1. The molecule has 7 aromatic rings. The minimum atomic E-state index is 0.195. The van der Waals surface area contributed by atoms with Crippen LogP contribution < -0.4 is 10.6 Å². The topological polar surface area (TPSA) is 133 Å². The second kappa shape index (κ2) is 11.7. The molecule has 0 fully saturated rings. The number of hydrogen-bond donors (Lipinski definition) is 4. The van der Waals surface area contributed by atoms with Gasteiger partial charge in [-0.2, -0.15) is 9.97 Å². The van der Waals surface area contributed by atoms with Crippen LogP contribution in [0, 0.1) is 6.92 Å². The first kappa shape index (κ1) is 26.4. The number of rotatable bonds is 7. The number of furan rings is 2. The SMILES string of the molecule is Cc1c[nH]c2nc(Cl)nc(NCc3ccco3)c12.Clc1nc(NCc2ccco2)c2c(-c3ccccc3)c[nH]c2n1. The maximum Gasteiger partial charge on any atom is 0.226 e. The van der Waals surface area contributed by atoms with Crippen molar-refractivity contribution in [2.24, 2.45) is 0 Å². The minimum absolute atomic E-state index is 0.195. The summed E-state index contributed by atoms with van der Waals surface area (Å²) in [5.74, 6) is 3.05.